The van der Waals surface area contributed by atoms with Crippen LogP contribution in [-0.4, -0.2) is 60.2 Å². The van der Waals surface area contributed by atoms with Crippen molar-refractivity contribution in [1.29, 1.82) is 0 Å². The topological polar surface area (TPSA) is 164 Å². The van der Waals surface area contributed by atoms with Gasteiger partial charge in [0.15, 0.2) is 5.65 Å². The molecule has 228 valence electrons. The molecule has 4 heterocycles. The summed E-state index contributed by atoms with van der Waals surface area (Å²) in [7, 11) is 1.16. The second-order valence-electron chi connectivity index (χ2n) is 10.9. The van der Waals surface area contributed by atoms with Crippen LogP contribution in [0.4, 0.5) is 29.6 Å². The van der Waals surface area contributed by atoms with Crippen LogP contribution in [0.3, 0.4) is 0 Å². The van der Waals surface area contributed by atoms with Crippen LogP contribution in [-0.2, 0) is 28.5 Å². The molecule has 0 saturated heterocycles. The number of pyridine rings is 2. The lowest BCUT2D eigenvalue weighted by Gasteiger charge is -2.15. The number of aryl methyl sites for hydroxylation is 1. The molecule has 4 aromatic heterocycles. The number of nitrogens with zero attached hydrogens (tertiary/aromatic N) is 6. The minimum Gasteiger partial charge on any atom is -0.453 e. The number of carbonyl (C=O) groups excluding carboxylic acids is 2. The predicted octanol–water partition coefficient (Wildman–Crippen LogP) is 3.00. The summed E-state index contributed by atoms with van der Waals surface area (Å²) in [6, 6.07) is 2.08. The first-order chi connectivity index (χ1) is 21.9. The number of halogens is 3. The number of alkyl carbamates (subject to hydrolysis) is 1. The van der Waals surface area contributed by atoms with Crippen LogP contribution in [0.2, 0.25) is 0 Å². The number of hydrogen-bond acceptors (Lipinski definition) is 8. The SMILES string of the molecule is [2H]C1(NC(=O)OC)CC[C@@H](n2c(=O)n(C([2H])([2H])[2H])c3cnc(Nc4ccc5c(CC(F)(F)F)nn(C6(C(N)=O)CC6C)c5n4)cc32)C1. The summed E-state index contributed by atoms with van der Waals surface area (Å²) in [5.41, 5.74) is 3.33. The average molecular weight is 606 g/mol. The van der Waals surface area contributed by atoms with Crippen molar-refractivity contribution in [3.63, 3.8) is 0 Å². The zero-order valence-corrected chi connectivity index (χ0v) is 23.0. The van der Waals surface area contributed by atoms with Crippen molar-refractivity contribution >= 4 is 45.7 Å². The number of nitrogens with two attached hydrogens (primary N) is 1. The summed E-state index contributed by atoms with van der Waals surface area (Å²) in [5, 5.41) is 9.62. The quantitative estimate of drug-likeness (QED) is 0.289. The Morgan fingerprint density at radius 1 is 1.28 bits per heavy atom. The minimum atomic E-state index is -4.58. The van der Waals surface area contributed by atoms with Crippen molar-refractivity contribution in [2.24, 2.45) is 18.6 Å². The van der Waals surface area contributed by atoms with Crippen molar-refractivity contribution in [1.82, 2.24) is 34.2 Å². The number of hydrogen-bond donors (Lipinski definition) is 3. The summed E-state index contributed by atoms with van der Waals surface area (Å²) < 4.78 is 80.4. The molecule has 13 nitrogen and oxygen atoms in total. The van der Waals surface area contributed by atoms with Gasteiger partial charge >= 0.3 is 18.0 Å². The second kappa shape index (κ2) is 9.98. The molecule has 0 bridgehead atoms. The number of ether oxygens (including phenoxy) is 1. The molecule has 4 atom stereocenters. The van der Waals surface area contributed by atoms with Gasteiger partial charge in [-0.1, -0.05) is 6.92 Å². The number of rotatable bonds is 7. The van der Waals surface area contributed by atoms with E-state index in [-0.39, 0.29) is 71.0 Å². The average Bonchev–Trinajstić information content (AvgIpc) is 3.19. The highest BCUT2D eigenvalue weighted by atomic mass is 19.4. The second-order valence-corrected chi connectivity index (χ2v) is 10.9. The number of aromatic nitrogens is 6. The van der Waals surface area contributed by atoms with Gasteiger partial charge < -0.3 is 21.1 Å². The highest BCUT2D eigenvalue weighted by Crippen LogP contribution is 2.51. The highest BCUT2D eigenvalue weighted by Gasteiger charge is 2.60. The maximum absolute atomic E-state index is 13.6. The molecule has 2 fully saturated rings. The van der Waals surface area contributed by atoms with E-state index in [0.29, 0.717) is 4.57 Å². The monoisotopic (exact) mass is 605 g/mol. The third-order valence-corrected chi connectivity index (χ3v) is 8.16. The van der Waals surface area contributed by atoms with Gasteiger partial charge in [0.1, 0.15) is 17.2 Å². The molecule has 4 aromatic rings. The first-order valence-corrected chi connectivity index (χ1v) is 13.4. The molecule has 2 aliphatic rings. The fourth-order valence-corrected chi connectivity index (χ4v) is 5.90. The Morgan fingerprint density at radius 2 is 2.05 bits per heavy atom. The molecule has 43 heavy (non-hydrogen) atoms. The van der Waals surface area contributed by atoms with Crippen molar-refractivity contribution in [3.8, 4) is 0 Å². The van der Waals surface area contributed by atoms with Gasteiger partial charge in [-0.15, -0.1) is 0 Å². The number of carbonyl (C=O) groups is 2. The van der Waals surface area contributed by atoms with E-state index in [9.17, 15) is 27.6 Å². The van der Waals surface area contributed by atoms with E-state index in [4.69, 9.17) is 11.2 Å². The van der Waals surface area contributed by atoms with Gasteiger partial charge in [-0.3, -0.25) is 13.9 Å². The lowest BCUT2D eigenvalue weighted by Crippen LogP contribution is -2.36. The normalized spacial score (nSPS) is 26.9. The van der Waals surface area contributed by atoms with E-state index in [0.717, 1.165) is 11.8 Å². The van der Waals surface area contributed by atoms with Gasteiger partial charge in [-0.25, -0.2) is 24.2 Å². The van der Waals surface area contributed by atoms with Crippen molar-refractivity contribution < 1.29 is 33.0 Å². The van der Waals surface area contributed by atoms with Crippen LogP contribution in [0.5, 0.6) is 0 Å². The molecule has 0 spiro atoms. The Labute approximate surface area is 247 Å². The first kappa shape index (κ1) is 23.9. The maximum Gasteiger partial charge on any atom is 0.407 e. The summed E-state index contributed by atoms with van der Waals surface area (Å²) in [6.45, 7) is -1.14. The van der Waals surface area contributed by atoms with Crippen LogP contribution in [0.1, 0.15) is 49.8 Å². The Hall–Kier alpha value is -4.63. The Morgan fingerprint density at radius 3 is 2.70 bits per heavy atom. The van der Waals surface area contributed by atoms with Crippen LogP contribution >= 0.6 is 0 Å². The molecule has 3 unspecified atom stereocenters. The van der Waals surface area contributed by atoms with Crippen molar-refractivity contribution in [2.75, 3.05) is 12.4 Å². The number of anilines is 2. The molecule has 0 radical (unpaired) electrons. The van der Waals surface area contributed by atoms with Crippen LogP contribution in [0.15, 0.2) is 29.2 Å². The summed E-state index contributed by atoms with van der Waals surface area (Å²) in [5.74, 6) is -0.824. The van der Waals surface area contributed by atoms with E-state index in [1.807, 2.05) is 0 Å². The number of primary amides is 1. The molecule has 0 aliphatic heterocycles. The molecule has 0 aromatic carbocycles. The zero-order valence-electron chi connectivity index (χ0n) is 27.0. The predicted molar refractivity (Wildman–Crippen MR) is 149 cm³/mol. The fourth-order valence-electron chi connectivity index (χ4n) is 5.90. The molecule has 16 heteroatoms. The van der Waals surface area contributed by atoms with Gasteiger partial charge in [0, 0.05) is 34.6 Å². The third-order valence-electron chi connectivity index (χ3n) is 8.16. The third kappa shape index (κ3) is 4.83. The lowest BCUT2D eigenvalue weighted by molar-refractivity contribution is -0.127. The number of imidazole rings is 1. The highest BCUT2D eigenvalue weighted by molar-refractivity contribution is 5.90. The van der Waals surface area contributed by atoms with Crippen LogP contribution < -0.4 is 22.1 Å². The minimum absolute atomic E-state index is 0.000196. The van der Waals surface area contributed by atoms with E-state index in [1.54, 1.807) is 6.92 Å². The molecule has 2 amide bonds. The van der Waals surface area contributed by atoms with Crippen LogP contribution in [0, 0.1) is 5.92 Å². The number of amides is 2. The van der Waals surface area contributed by atoms with Gasteiger partial charge in [-0.2, -0.15) is 18.3 Å². The largest absolute Gasteiger partial charge is 0.453 e. The number of fused-ring (bicyclic) bond motifs is 2. The molecule has 2 aliphatic carbocycles. The fraction of sp³-hybridized carbons (Fsp3) is 0.481. The molecule has 2 saturated carbocycles. The summed E-state index contributed by atoms with van der Waals surface area (Å²) in [4.78, 5) is 46.6. The zero-order chi connectivity index (χ0) is 34.3. The molecular formula is C27H30F3N9O4. The maximum atomic E-state index is 13.6. The van der Waals surface area contributed by atoms with Gasteiger partial charge in [0.25, 0.3) is 0 Å². The summed E-state index contributed by atoms with van der Waals surface area (Å²) >= 11 is 0. The Bertz CT molecular complexity index is 1990. The number of alkyl halides is 3. The van der Waals surface area contributed by atoms with Gasteiger partial charge in [0.05, 0.1) is 37.8 Å². The first-order valence-electron chi connectivity index (χ1n) is 15.4. The van der Waals surface area contributed by atoms with Gasteiger partial charge in [-0.05, 0) is 43.7 Å². The van der Waals surface area contributed by atoms with Crippen molar-refractivity contribution in [3.05, 3.63) is 40.6 Å². The smallest absolute Gasteiger partial charge is 0.407 e. The molecule has 4 N–H and O–H groups in total. The van der Waals surface area contributed by atoms with Gasteiger partial charge in [0.2, 0.25) is 5.91 Å². The Balaban J connectivity index is 1.42. The van der Waals surface area contributed by atoms with Crippen LogP contribution in [0.25, 0.3) is 22.1 Å². The Kier molecular flexibility index (Phi) is 5.54. The van der Waals surface area contributed by atoms with E-state index in [1.165, 1.54) is 29.0 Å². The van der Waals surface area contributed by atoms with E-state index in [2.05, 4.69) is 30.4 Å². The molecular weight excluding hydrogens is 571 g/mol. The number of nitrogens with one attached hydrogen (secondary N) is 2. The number of methoxy groups -OCH3 is 1. The standard InChI is InChI=1S/C27H30F3N9O4/c1-13-10-26(13,23(31)40)39-22-16(17(36-39)11-27(28,29)30)6-7-20(35-22)34-21-9-18-19(12-32-21)37(2)25(42)38(18)15-5-4-14(8-15)33-24(41)43-3/h6-7,9,12-15H,4-5,8,10-11H2,1-3H3,(H2,31,40)(H,33,41)(H,32,34,35)/t13?,14?,15-,26?/m1/s1/i2D3,14D. The van der Waals surface area contributed by atoms with Crippen molar-refractivity contribution in [2.45, 2.75) is 62.8 Å². The van der Waals surface area contributed by atoms with E-state index >= 15 is 0 Å². The molecule has 6 rings (SSSR count). The summed E-state index contributed by atoms with van der Waals surface area (Å²) in [6.07, 6.45) is -4.87. The van der Waals surface area contributed by atoms with E-state index < -0.39 is 54.9 Å². The lowest BCUT2D eigenvalue weighted by atomic mass is 10.2.